The van der Waals surface area contributed by atoms with E-state index in [2.05, 4.69) is 20.0 Å². The van der Waals surface area contributed by atoms with Crippen LogP contribution in [0.2, 0.25) is 0 Å². The Labute approximate surface area is 150 Å². The molecular weight excluding hydrogens is 330 g/mol. The normalized spacial score (nSPS) is 10.8. The highest BCUT2D eigenvalue weighted by atomic mass is 16.5. The predicted molar refractivity (Wildman–Crippen MR) is 98.2 cm³/mol. The molecule has 2 aromatic carbocycles. The van der Waals surface area contributed by atoms with Gasteiger partial charge in [-0.25, -0.2) is 9.78 Å². The summed E-state index contributed by atoms with van der Waals surface area (Å²) in [5, 5.41) is 2.78. The van der Waals surface area contributed by atoms with Crippen molar-refractivity contribution >= 4 is 29.0 Å². The second kappa shape index (κ2) is 8.02. The van der Waals surface area contributed by atoms with Crippen LogP contribution in [0.5, 0.6) is 0 Å². The lowest BCUT2D eigenvalue weighted by Gasteiger charge is -2.04. The smallest absolute Gasteiger partial charge is 0.337 e. The second-order valence-electron chi connectivity index (χ2n) is 5.52. The Morgan fingerprint density at radius 2 is 1.81 bits per heavy atom. The number of hydrogen-bond donors (Lipinski definition) is 1. The molecule has 1 aromatic heterocycles. The molecule has 0 saturated heterocycles. The maximum atomic E-state index is 12.0. The molecule has 0 fully saturated rings. The van der Waals surface area contributed by atoms with Crippen LogP contribution < -0.4 is 5.32 Å². The van der Waals surface area contributed by atoms with Crippen LogP contribution in [-0.2, 0) is 16.1 Å². The third kappa shape index (κ3) is 4.30. The van der Waals surface area contributed by atoms with Gasteiger partial charge >= 0.3 is 5.97 Å². The lowest BCUT2D eigenvalue weighted by Crippen LogP contribution is -2.20. The van der Waals surface area contributed by atoms with Gasteiger partial charge in [0.05, 0.1) is 35.6 Å². The molecule has 3 aromatic rings. The zero-order chi connectivity index (χ0) is 18.4. The first-order chi connectivity index (χ1) is 12.7. The van der Waals surface area contributed by atoms with Gasteiger partial charge in [-0.05, 0) is 35.9 Å². The molecule has 0 aliphatic carbocycles. The molecule has 3 rings (SSSR count). The number of methoxy groups -OCH3 is 1. The van der Waals surface area contributed by atoms with E-state index >= 15 is 0 Å². The molecule has 0 saturated carbocycles. The van der Waals surface area contributed by atoms with E-state index in [1.54, 1.807) is 36.5 Å². The van der Waals surface area contributed by atoms with Crippen LogP contribution >= 0.6 is 0 Å². The largest absolute Gasteiger partial charge is 0.465 e. The quantitative estimate of drug-likeness (QED) is 0.567. The van der Waals surface area contributed by atoms with Crippen LogP contribution in [0.3, 0.4) is 0 Å². The number of rotatable bonds is 5. The molecule has 0 bridgehead atoms. The maximum absolute atomic E-state index is 12.0. The van der Waals surface area contributed by atoms with Gasteiger partial charge in [-0.15, -0.1) is 0 Å². The average molecular weight is 347 g/mol. The summed E-state index contributed by atoms with van der Waals surface area (Å²) in [6.07, 6.45) is 4.66. The molecule has 26 heavy (non-hydrogen) atoms. The summed E-state index contributed by atoms with van der Waals surface area (Å²) in [4.78, 5) is 32.1. The Hall–Kier alpha value is -3.54. The molecule has 6 heteroatoms. The number of esters is 1. The summed E-state index contributed by atoms with van der Waals surface area (Å²) in [6.45, 7) is 0.355. The summed E-state index contributed by atoms with van der Waals surface area (Å²) in [6, 6.07) is 14.4. The zero-order valence-electron chi connectivity index (χ0n) is 14.2. The lowest BCUT2D eigenvalue weighted by atomic mass is 10.1. The van der Waals surface area contributed by atoms with Crippen LogP contribution in [0.15, 0.2) is 60.8 Å². The van der Waals surface area contributed by atoms with Gasteiger partial charge in [0, 0.05) is 12.6 Å². The number of amides is 1. The standard InChI is InChI=1S/C20H17N3O3/c1-26-20(25)15-8-6-14(7-9-15)12-22-19(24)11-10-16-13-21-17-4-2-3-5-18(17)23-16/h2-11,13H,12H2,1H3,(H,22,24)/b11-10+. The van der Waals surface area contributed by atoms with Crippen molar-refractivity contribution in [3.63, 3.8) is 0 Å². The molecule has 0 radical (unpaired) electrons. The van der Waals surface area contributed by atoms with Gasteiger partial charge in [-0.3, -0.25) is 9.78 Å². The Morgan fingerprint density at radius 3 is 2.54 bits per heavy atom. The monoisotopic (exact) mass is 347 g/mol. The first kappa shape index (κ1) is 17.3. The molecular formula is C20H17N3O3. The van der Waals surface area contributed by atoms with Crippen LogP contribution in [0.4, 0.5) is 0 Å². The number of carbonyl (C=O) groups is 2. The molecule has 0 unspecified atom stereocenters. The molecule has 1 N–H and O–H groups in total. The number of nitrogens with one attached hydrogen (secondary N) is 1. The molecule has 1 amide bonds. The third-order valence-electron chi connectivity index (χ3n) is 3.71. The lowest BCUT2D eigenvalue weighted by molar-refractivity contribution is -0.116. The minimum Gasteiger partial charge on any atom is -0.465 e. The van der Waals surface area contributed by atoms with E-state index in [1.807, 2.05) is 24.3 Å². The van der Waals surface area contributed by atoms with Gasteiger partial charge in [0.25, 0.3) is 0 Å². The van der Waals surface area contributed by atoms with Crippen LogP contribution in [-0.4, -0.2) is 29.0 Å². The van der Waals surface area contributed by atoms with Crippen LogP contribution in [0.25, 0.3) is 17.1 Å². The van der Waals surface area contributed by atoms with Crippen molar-refractivity contribution in [2.75, 3.05) is 7.11 Å². The predicted octanol–water partition coefficient (Wildman–Crippen LogP) is 2.75. The van der Waals surface area contributed by atoms with Crippen molar-refractivity contribution in [2.45, 2.75) is 6.54 Å². The number of carbonyl (C=O) groups excluding carboxylic acids is 2. The van der Waals surface area contributed by atoms with E-state index in [0.717, 1.165) is 16.6 Å². The van der Waals surface area contributed by atoms with E-state index < -0.39 is 0 Å². The van der Waals surface area contributed by atoms with Crippen molar-refractivity contribution in [1.82, 2.24) is 15.3 Å². The highest BCUT2D eigenvalue weighted by Crippen LogP contribution is 2.09. The molecule has 0 aliphatic heterocycles. The van der Waals surface area contributed by atoms with E-state index in [4.69, 9.17) is 0 Å². The number of aromatic nitrogens is 2. The summed E-state index contributed by atoms with van der Waals surface area (Å²) in [7, 11) is 1.34. The van der Waals surface area contributed by atoms with Gasteiger partial charge in [0.2, 0.25) is 5.91 Å². The molecule has 130 valence electrons. The summed E-state index contributed by atoms with van der Waals surface area (Å²) < 4.78 is 4.65. The van der Waals surface area contributed by atoms with Gasteiger partial charge in [-0.1, -0.05) is 24.3 Å². The summed E-state index contributed by atoms with van der Waals surface area (Å²) >= 11 is 0. The van der Waals surface area contributed by atoms with Crippen molar-refractivity contribution in [1.29, 1.82) is 0 Å². The van der Waals surface area contributed by atoms with Gasteiger partial charge < -0.3 is 10.1 Å². The van der Waals surface area contributed by atoms with Crippen molar-refractivity contribution < 1.29 is 14.3 Å². The molecule has 0 spiro atoms. The van der Waals surface area contributed by atoms with E-state index in [9.17, 15) is 9.59 Å². The van der Waals surface area contributed by atoms with E-state index in [-0.39, 0.29) is 11.9 Å². The number of ether oxygens (including phenoxy) is 1. The minimum atomic E-state index is -0.389. The Balaban J connectivity index is 1.57. The topological polar surface area (TPSA) is 81.2 Å². The fraction of sp³-hybridized carbons (Fsp3) is 0.100. The highest BCUT2D eigenvalue weighted by Gasteiger charge is 2.04. The highest BCUT2D eigenvalue weighted by molar-refractivity contribution is 5.91. The number of hydrogen-bond acceptors (Lipinski definition) is 5. The Bertz CT molecular complexity index is 965. The van der Waals surface area contributed by atoms with Gasteiger partial charge in [0.1, 0.15) is 0 Å². The molecule has 0 atom stereocenters. The zero-order valence-corrected chi connectivity index (χ0v) is 14.2. The van der Waals surface area contributed by atoms with Crippen molar-refractivity contribution in [3.05, 3.63) is 77.6 Å². The minimum absolute atomic E-state index is 0.239. The first-order valence-electron chi connectivity index (χ1n) is 8.00. The van der Waals surface area contributed by atoms with E-state index in [1.165, 1.54) is 13.2 Å². The van der Waals surface area contributed by atoms with Crippen molar-refractivity contribution in [2.24, 2.45) is 0 Å². The maximum Gasteiger partial charge on any atom is 0.337 e. The SMILES string of the molecule is COC(=O)c1ccc(CNC(=O)/C=C/c2cnc3ccccc3n2)cc1. The second-order valence-corrected chi connectivity index (χ2v) is 5.52. The Kier molecular flexibility index (Phi) is 5.34. The van der Waals surface area contributed by atoms with E-state index in [0.29, 0.717) is 17.8 Å². The fourth-order valence-corrected chi connectivity index (χ4v) is 2.34. The fourth-order valence-electron chi connectivity index (χ4n) is 2.34. The Morgan fingerprint density at radius 1 is 1.08 bits per heavy atom. The molecule has 6 nitrogen and oxygen atoms in total. The number of benzene rings is 2. The molecule has 0 aliphatic rings. The number of para-hydroxylation sites is 2. The van der Waals surface area contributed by atoms with Crippen LogP contribution in [0.1, 0.15) is 21.6 Å². The van der Waals surface area contributed by atoms with Crippen LogP contribution in [0, 0.1) is 0 Å². The molecule has 1 heterocycles. The number of nitrogens with zero attached hydrogens (tertiary/aromatic N) is 2. The van der Waals surface area contributed by atoms with Gasteiger partial charge in [0.15, 0.2) is 0 Å². The number of fused-ring (bicyclic) bond motifs is 1. The average Bonchev–Trinajstić information content (AvgIpc) is 2.70. The van der Waals surface area contributed by atoms with Crippen molar-refractivity contribution in [3.8, 4) is 0 Å². The summed E-state index contributed by atoms with van der Waals surface area (Å²) in [5.41, 5.74) is 3.55. The first-order valence-corrected chi connectivity index (χ1v) is 8.00. The third-order valence-corrected chi connectivity index (χ3v) is 3.71. The summed E-state index contributed by atoms with van der Waals surface area (Å²) in [5.74, 6) is -0.628. The van der Waals surface area contributed by atoms with Gasteiger partial charge in [-0.2, -0.15) is 0 Å².